The van der Waals surface area contributed by atoms with Crippen LogP contribution in [0.25, 0.3) is 10.9 Å². The van der Waals surface area contributed by atoms with Gasteiger partial charge in [0.15, 0.2) is 0 Å². The van der Waals surface area contributed by atoms with E-state index in [-0.39, 0.29) is 60.6 Å². The Bertz CT molecular complexity index is 1750. The molecule has 282 valence electrons. The molecule has 52 heavy (non-hydrogen) atoms. The van der Waals surface area contributed by atoms with E-state index in [0.29, 0.717) is 69.4 Å². The third kappa shape index (κ3) is 7.62. The van der Waals surface area contributed by atoms with Crippen molar-refractivity contribution in [1.82, 2.24) is 14.8 Å². The predicted molar refractivity (Wildman–Crippen MR) is 194 cm³/mol. The van der Waals surface area contributed by atoms with Gasteiger partial charge in [-0.25, -0.2) is 13.6 Å². The largest absolute Gasteiger partial charge is 0.466 e. The van der Waals surface area contributed by atoms with Gasteiger partial charge in [-0.15, -0.1) is 0 Å². The highest BCUT2D eigenvalue weighted by Gasteiger charge is 2.48. The summed E-state index contributed by atoms with van der Waals surface area (Å²) in [6.45, 7) is 11.4. The normalized spacial score (nSPS) is 28.1. The number of amides is 2. The standard InChI is InChI=1S/C41H53F2N3O6/c1-6-50-33-15-14-32(52-24-33)22-35-27(5)46(37-21-31(43)13-16-34(35)37)40(49)45-19-18-41(23-26(45)4,29-9-11-30(42)12-10-29)39(48)44-36-17-8-28(20-25(36)3)38(47)51-7-2/h9-13,16,21,25-26,28,32-33,36H,6-8,14-15,17-20,22-24H2,1-5H3,(H,44,48)/t25-,26-,28-,32?,33?,36-,41-/m0/s1. The van der Waals surface area contributed by atoms with E-state index >= 15 is 0 Å². The van der Waals surface area contributed by atoms with Crippen molar-refractivity contribution in [2.45, 2.75) is 116 Å². The lowest BCUT2D eigenvalue weighted by molar-refractivity contribution is -0.149. The molecule has 2 aromatic carbocycles. The first kappa shape index (κ1) is 37.9. The van der Waals surface area contributed by atoms with Gasteiger partial charge >= 0.3 is 12.0 Å². The summed E-state index contributed by atoms with van der Waals surface area (Å²) in [4.78, 5) is 43.2. The van der Waals surface area contributed by atoms with E-state index in [9.17, 15) is 23.2 Å². The Kier molecular flexibility index (Phi) is 11.7. The van der Waals surface area contributed by atoms with E-state index in [1.54, 1.807) is 34.6 Å². The highest BCUT2D eigenvalue weighted by Crippen LogP contribution is 2.41. The molecular weight excluding hydrogens is 668 g/mol. The number of piperidine rings is 1. The molecule has 11 heteroatoms. The summed E-state index contributed by atoms with van der Waals surface area (Å²) in [5.41, 5.74) is 1.90. The first-order valence-corrected chi connectivity index (χ1v) is 19.0. The summed E-state index contributed by atoms with van der Waals surface area (Å²) >= 11 is 0. The van der Waals surface area contributed by atoms with Crippen LogP contribution in [-0.4, -0.2) is 78.0 Å². The number of hydrogen-bond donors (Lipinski definition) is 1. The molecule has 1 saturated carbocycles. The van der Waals surface area contributed by atoms with Gasteiger partial charge in [-0.3, -0.25) is 14.2 Å². The lowest BCUT2D eigenvalue weighted by atomic mass is 9.69. The highest BCUT2D eigenvalue weighted by atomic mass is 19.1. The zero-order chi connectivity index (χ0) is 37.2. The van der Waals surface area contributed by atoms with Gasteiger partial charge in [0.1, 0.15) is 11.6 Å². The van der Waals surface area contributed by atoms with Crippen molar-refractivity contribution < 1.29 is 37.4 Å². The number of likely N-dealkylation sites (tertiary alicyclic amines) is 1. The van der Waals surface area contributed by atoms with Gasteiger partial charge in [0, 0.05) is 42.7 Å². The minimum Gasteiger partial charge on any atom is -0.466 e. The average Bonchev–Trinajstić information content (AvgIpc) is 3.39. The van der Waals surface area contributed by atoms with Crippen LogP contribution in [0.15, 0.2) is 42.5 Å². The molecule has 1 aromatic heterocycles. The molecule has 3 aromatic rings. The number of nitrogens with zero attached hydrogens (tertiary/aromatic N) is 2. The van der Waals surface area contributed by atoms with Crippen LogP contribution in [0.3, 0.4) is 0 Å². The molecule has 9 nitrogen and oxygen atoms in total. The van der Waals surface area contributed by atoms with Crippen molar-refractivity contribution in [2.24, 2.45) is 11.8 Å². The van der Waals surface area contributed by atoms with Crippen molar-refractivity contribution in [3.05, 3.63) is 70.9 Å². The topological polar surface area (TPSA) is 99.1 Å². The Morgan fingerprint density at radius 1 is 0.981 bits per heavy atom. The molecule has 2 saturated heterocycles. The number of nitrogens with one attached hydrogen (secondary N) is 1. The van der Waals surface area contributed by atoms with Gasteiger partial charge in [0.25, 0.3) is 0 Å². The molecule has 6 rings (SSSR count). The fourth-order valence-corrected chi connectivity index (χ4v) is 8.92. The van der Waals surface area contributed by atoms with Crippen LogP contribution in [0.4, 0.5) is 13.6 Å². The maximum absolute atomic E-state index is 14.8. The molecule has 3 heterocycles. The fourth-order valence-electron chi connectivity index (χ4n) is 8.92. The molecule has 1 N–H and O–H groups in total. The van der Waals surface area contributed by atoms with E-state index < -0.39 is 17.0 Å². The number of esters is 1. The summed E-state index contributed by atoms with van der Waals surface area (Å²) in [7, 11) is 0. The van der Waals surface area contributed by atoms with Gasteiger partial charge in [0.2, 0.25) is 5.91 Å². The zero-order valence-electron chi connectivity index (χ0n) is 31.1. The van der Waals surface area contributed by atoms with Crippen LogP contribution >= 0.6 is 0 Å². The number of carbonyl (C=O) groups is 3. The van der Waals surface area contributed by atoms with E-state index in [2.05, 4.69) is 5.32 Å². The zero-order valence-corrected chi connectivity index (χ0v) is 31.1. The Morgan fingerprint density at radius 3 is 2.38 bits per heavy atom. The first-order chi connectivity index (χ1) is 24.9. The number of fused-ring (bicyclic) bond motifs is 1. The van der Waals surface area contributed by atoms with Crippen LogP contribution in [0, 0.1) is 30.4 Å². The quantitative estimate of drug-likeness (QED) is 0.234. The van der Waals surface area contributed by atoms with Crippen molar-refractivity contribution in [3.63, 3.8) is 0 Å². The predicted octanol–water partition coefficient (Wildman–Crippen LogP) is 7.23. The Hall–Kier alpha value is -3.83. The highest BCUT2D eigenvalue weighted by molar-refractivity contribution is 5.96. The van der Waals surface area contributed by atoms with E-state index in [1.165, 1.54) is 24.3 Å². The van der Waals surface area contributed by atoms with Crippen molar-refractivity contribution in [3.8, 4) is 0 Å². The molecule has 7 atom stereocenters. The Balaban J connectivity index is 1.24. The van der Waals surface area contributed by atoms with Crippen LogP contribution in [-0.2, 0) is 35.6 Å². The summed E-state index contributed by atoms with van der Waals surface area (Å²) in [6.07, 6.45) is 4.90. The molecule has 2 aliphatic heterocycles. The van der Waals surface area contributed by atoms with Crippen molar-refractivity contribution >= 4 is 28.8 Å². The number of carbonyl (C=O) groups excluding carboxylic acids is 3. The van der Waals surface area contributed by atoms with Gasteiger partial charge in [-0.1, -0.05) is 19.1 Å². The van der Waals surface area contributed by atoms with Crippen LogP contribution in [0.2, 0.25) is 0 Å². The number of halogens is 2. The maximum atomic E-state index is 14.8. The number of hydrogen-bond acceptors (Lipinski definition) is 6. The first-order valence-electron chi connectivity index (χ1n) is 19.0. The summed E-state index contributed by atoms with van der Waals surface area (Å²) in [5.74, 6) is -1.29. The second-order valence-corrected chi connectivity index (χ2v) is 15.1. The molecule has 3 fully saturated rings. The van der Waals surface area contributed by atoms with Crippen LogP contribution in [0.5, 0.6) is 0 Å². The van der Waals surface area contributed by atoms with E-state index in [1.807, 2.05) is 27.7 Å². The van der Waals surface area contributed by atoms with Gasteiger partial charge < -0.3 is 24.4 Å². The molecule has 3 aliphatic rings. The average molecular weight is 722 g/mol. The minimum absolute atomic E-state index is 0.0405. The molecular formula is C41H53F2N3O6. The number of ether oxygens (including phenoxy) is 3. The Labute approximate surface area is 305 Å². The second-order valence-electron chi connectivity index (χ2n) is 15.1. The smallest absolute Gasteiger partial charge is 0.329 e. The molecule has 2 amide bonds. The van der Waals surface area contributed by atoms with Crippen LogP contribution in [0.1, 0.15) is 89.5 Å². The number of rotatable bonds is 9. The molecule has 1 aliphatic carbocycles. The summed E-state index contributed by atoms with van der Waals surface area (Å²) in [6, 6.07) is 9.89. The molecule has 2 unspecified atom stereocenters. The van der Waals surface area contributed by atoms with E-state index in [4.69, 9.17) is 14.2 Å². The van der Waals surface area contributed by atoms with Gasteiger partial charge in [-0.2, -0.15) is 0 Å². The minimum atomic E-state index is -1.01. The van der Waals surface area contributed by atoms with Crippen molar-refractivity contribution in [1.29, 1.82) is 0 Å². The summed E-state index contributed by atoms with van der Waals surface area (Å²) < 4.78 is 47.7. The third-order valence-electron chi connectivity index (χ3n) is 11.8. The monoisotopic (exact) mass is 721 g/mol. The number of benzene rings is 2. The maximum Gasteiger partial charge on any atom is 0.329 e. The summed E-state index contributed by atoms with van der Waals surface area (Å²) in [5, 5.41) is 4.14. The van der Waals surface area contributed by atoms with Crippen molar-refractivity contribution in [2.75, 3.05) is 26.4 Å². The lowest BCUT2D eigenvalue weighted by Crippen LogP contribution is -2.58. The molecule has 0 radical (unpaired) electrons. The second kappa shape index (κ2) is 16.0. The third-order valence-corrected chi connectivity index (χ3v) is 11.8. The molecule has 0 bridgehead atoms. The van der Waals surface area contributed by atoms with Gasteiger partial charge in [0.05, 0.1) is 42.3 Å². The lowest BCUT2D eigenvalue weighted by Gasteiger charge is -2.46. The van der Waals surface area contributed by atoms with Crippen LogP contribution < -0.4 is 5.32 Å². The van der Waals surface area contributed by atoms with E-state index in [0.717, 1.165) is 29.5 Å². The Morgan fingerprint density at radius 2 is 1.73 bits per heavy atom. The SMILES string of the molecule is CCOC(=O)[C@H]1CC[C@H](NC(=O)[C@@]2(c3ccc(F)cc3)CCN(C(=O)n3c(C)c(CC4CCC(OCC)CO4)c4ccc(F)cc43)[C@@H](C)C2)[C@@H](C)C1. The fraction of sp³-hybridized carbons (Fsp3) is 0.585. The molecule has 0 spiro atoms. The van der Waals surface area contributed by atoms with Gasteiger partial charge in [-0.05, 0) is 120 Å². The number of aromatic nitrogens is 1.